The molecule has 1 fully saturated rings. The van der Waals surface area contributed by atoms with Crippen LogP contribution in [0, 0.1) is 6.92 Å². The summed E-state index contributed by atoms with van der Waals surface area (Å²) >= 11 is 0. The van der Waals surface area contributed by atoms with Crippen molar-refractivity contribution in [2.24, 2.45) is 0 Å². The first-order valence-electron chi connectivity index (χ1n) is 11.8. The summed E-state index contributed by atoms with van der Waals surface area (Å²) in [5.74, 6) is 2.89. The zero-order valence-corrected chi connectivity index (χ0v) is 20.3. The second-order valence-corrected chi connectivity index (χ2v) is 9.23. The predicted octanol–water partition coefficient (Wildman–Crippen LogP) is 5.08. The standard InChI is InChI=1S/C25H38N6O/c1-7-18-9-8-10-21(16(2)3)24(18)30-25(32)29-20-13-11-19(12-14-20)28-22-15-23(31(5)6)27-17(4)26-22/h8-10,15-16,19-20H,7,11-14H2,1-6H3,(H,26,27,28)(H2,29,30,32). The fourth-order valence-electron chi connectivity index (χ4n) is 4.33. The lowest BCUT2D eigenvalue weighted by atomic mass is 9.91. The number of urea groups is 1. The zero-order valence-electron chi connectivity index (χ0n) is 20.3. The minimum absolute atomic E-state index is 0.105. The molecule has 0 bridgehead atoms. The highest BCUT2D eigenvalue weighted by Crippen LogP contribution is 2.29. The van der Waals surface area contributed by atoms with Crippen molar-refractivity contribution in [3.8, 4) is 0 Å². The topological polar surface area (TPSA) is 82.2 Å². The molecule has 7 nitrogen and oxygen atoms in total. The Morgan fingerprint density at radius 1 is 1.12 bits per heavy atom. The van der Waals surface area contributed by atoms with Crippen LogP contribution in [-0.4, -0.2) is 42.2 Å². The number of carbonyl (C=O) groups is 1. The van der Waals surface area contributed by atoms with Gasteiger partial charge in [-0.3, -0.25) is 0 Å². The van der Waals surface area contributed by atoms with E-state index in [0.717, 1.165) is 55.3 Å². The van der Waals surface area contributed by atoms with Gasteiger partial charge in [0.05, 0.1) is 0 Å². The maximum Gasteiger partial charge on any atom is 0.319 e. The first-order valence-corrected chi connectivity index (χ1v) is 11.8. The van der Waals surface area contributed by atoms with Crippen LogP contribution in [0.4, 0.5) is 22.1 Å². The molecule has 0 unspecified atom stereocenters. The van der Waals surface area contributed by atoms with Crippen LogP contribution in [0.15, 0.2) is 24.3 Å². The number of nitrogens with one attached hydrogen (secondary N) is 3. The van der Waals surface area contributed by atoms with Crippen molar-refractivity contribution in [1.29, 1.82) is 0 Å². The van der Waals surface area contributed by atoms with E-state index in [-0.39, 0.29) is 12.1 Å². The average Bonchev–Trinajstić information content (AvgIpc) is 2.74. The summed E-state index contributed by atoms with van der Waals surface area (Å²) in [5, 5.41) is 9.90. The Bertz CT molecular complexity index is 919. The molecule has 0 spiro atoms. The molecule has 2 aromatic rings. The number of amides is 2. The van der Waals surface area contributed by atoms with E-state index in [4.69, 9.17) is 0 Å². The Labute approximate surface area is 192 Å². The van der Waals surface area contributed by atoms with E-state index in [1.807, 2.05) is 32.0 Å². The van der Waals surface area contributed by atoms with Gasteiger partial charge in [0.1, 0.15) is 17.5 Å². The third kappa shape index (κ3) is 6.11. The fraction of sp³-hybridized carbons (Fsp3) is 0.560. The number of hydrogen-bond acceptors (Lipinski definition) is 5. The number of benzene rings is 1. The molecule has 3 rings (SSSR count). The van der Waals surface area contributed by atoms with Crippen LogP contribution in [-0.2, 0) is 6.42 Å². The Morgan fingerprint density at radius 3 is 2.44 bits per heavy atom. The highest BCUT2D eigenvalue weighted by atomic mass is 16.2. The molecule has 0 atom stereocenters. The van der Waals surface area contributed by atoms with Gasteiger partial charge in [-0.1, -0.05) is 39.0 Å². The lowest BCUT2D eigenvalue weighted by molar-refractivity contribution is 0.243. The molecule has 0 aliphatic heterocycles. The smallest absolute Gasteiger partial charge is 0.319 e. The van der Waals surface area contributed by atoms with Gasteiger partial charge in [-0.2, -0.15) is 0 Å². The van der Waals surface area contributed by atoms with Crippen molar-refractivity contribution < 1.29 is 4.79 Å². The largest absolute Gasteiger partial charge is 0.367 e. The first kappa shape index (κ1) is 23.8. The van der Waals surface area contributed by atoms with E-state index in [2.05, 4.69) is 64.9 Å². The van der Waals surface area contributed by atoms with Crippen molar-refractivity contribution in [3.63, 3.8) is 0 Å². The summed E-state index contributed by atoms with van der Waals surface area (Å²) in [6.45, 7) is 8.36. The molecular formula is C25H38N6O. The molecule has 1 aliphatic rings. The second-order valence-electron chi connectivity index (χ2n) is 9.23. The number of hydrogen-bond donors (Lipinski definition) is 3. The monoisotopic (exact) mass is 438 g/mol. The Morgan fingerprint density at radius 2 is 1.81 bits per heavy atom. The predicted molar refractivity (Wildman–Crippen MR) is 133 cm³/mol. The molecular weight excluding hydrogens is 400 g/mol. The molecule has 174 valence electrons. The second kappa shape index (κ2) is 10.7. The van der Waals surface area contributed by atoms with E-state index >= 15 is 0 Å². The normalized spacial score (nSPS) is 18.3. The molecule has 1 saturated carbocycles. The number of anilines is 3. The van der Waals surface area contributed by atoms with E-state index in [0.29, 0.717) is 12.0 Å². The lowest BCUT2D eigenvalue weighted by Gasteiger charge is -2.30. The van der Waals surface area contributed by atoms with E-state index in [9.17, 15) is 4.79 Å². The van der Waals surface area contributed by atoms with Crippen LogP contribution in [0.5, 0.6) is 0 Å². The number of nitrogens with zero attached hydrogens (tertiary/aromatic N) is 3. The van der Waals surface area contributed by atoms with Gasteiger partial charge in [0.2, 0.25) is 0 Å². The number of para-hydroxylation sites is 1. The lowest BCUT2D eigenvalue weighted by Crippen LogP contribution is -2.42. The van der Waals surface area contributed by atoms with E-state index in [1.54, 1.807) is 0 Å². The van der Waals surface area contributed by atoms with Crippen molar-refractivity contribution >= 4 is 23.4 Å². The third-order valence-corrected chi connectivity index (χ3v) is 6.12. The minimum atomic E-state index is -0.105. The van der Waals surface area contributed by atoms with Gasteiger partial charge in [-0.05, 0) is 56.1 Å². The van der Waals surface area contributed by atoms with Crippen LogP contribution in [0.2, 0.25) is 0 Å². The van der Waals surface area contributed by atoms with Gasteiger partial charge in [0, 0.05) is 37.9 Å². The maximum absolute atomic E-state index is 12.8. The zero-order chi connectivity index (χ0) is 23.3. The third-order valence-electron chi connectivity index (χ3n) is 6.12. The highest BCUT2D eigenvalue weighted by Gasteiger charge is 2.23. The van der Waals surface area contributed by atoms with Gasteiger partial charge in [-0.15, -0.1) is 0 Å². The van der Waals surface area contributed by atoms with Crippen molar-refractivity contribution in [2.45, 2.75) is 77.8 Å². The summed E-state index contributed by atoms with van der Waals surface area (Å²) in [4.78, 5) is 23.8. The molecule has 0 saturated heterocycles. The molecule has 3 N–H and O–H groups in total. The maximum atomic E-state index is 12.8. The van der Waals surface area contributed by atoms with E-state index < -0.39 is 0 Å². The molecule has 1 aliphatic carbocycles. The van der Waals surface area contributed by atoms with Gasteiger partial charge in [0.15, 0.2) is 0 Å². The van der Waals surface area contributed by atoms with Gasteiger partial charge >= 0.3 is 6.03 Å². The van der Waals surface area contributed by atoms with Crippen LogP contribution in [0.25, 0.3) is 0 Å². The number of aryl methyl sites for hydroxylation is 2. The van der Waals surface area contributed by atoms with Crippen molar-refractivity contribution in [1.82, 2.24) is 15.3 Å². The summed E-state index contributed by atoms with van der Waals surface area (Å²) in [6.07, 6.45) is 4.78. The Balaban J connectivity index is 1.54. The molecule has 1 aromatic carbocycles. The summed E-state index contributed by atoms with van der Waals surface area (Å²) in [6, 6.07) is 8.70. The van der Waals surface area contributed by atoms with Gasteiger partial charge < -0.3 is 20.9 Å². The molecule has 1 heterocycles. The minimum Gasteiger partial charge on any atom is -0.367 e. The van der Waals surface area contributed by atoms with Crippen molar-refractivity contribution in [3.05, 3.63) is 41.2 Å². The highest BCUT2D eigenvalue weighted by molar-refractivity contribution is 5.91. The quantitative estimate of drug-likeness (QED) is 0.561. The number of rotatable bonds is 7. The summed E-state index contributed by atoms with van der Waals surface area (Å²) in [5.41, 5.74) is 3.33. The summed E-state index contributed by atoms with van der Waals surface area (Å²) < 4.78 is 0. The van der Waals surface area contributed by atoms with Gasteiger partial charge in [-0.25, -0.2) is 14.8 Å². The van der Waals surface area contributed by atoms with Crippen LogP contribution in [0.1, 0.15) is 69.3 Å². The SMILES string of the molecule is CCc1cccc(C(C)C)c1NC(=O)NC1CCC(Nc2cc(N(C)C)nc(C)n2)CC1. The molecule has 1 aromatic heterocycles. The molecule has 0 radical (unpaired) electrons. The van der Waals surface area contributed by atoms with E-state index in [1.165, 1.54) is 11.1 Å². The number of aromatic nitrogens is 2. The molecule has 32 heavy (non-hydrogen) atoms. The van der Waals surface area contributed by atoms with Crippen LogP contribution < -0.4 is 20.9 Å². The Hall–Kier alpha value is -2.83. The fourth-order valence-corrected chi connectivity index (χ4v) is 4.33. The first-order chi connectivity index (χ1) is 15.3. The van der Waals surface area contributed by atoms with Gasteiger partial charge in [0.25, 0.3) is 0 Å². The Kier molecular flexibility index (Phi) is 7.94. The van der Waals surface area contributed by atoms with Crippen molar-refractivity contribution in [2.75, 3.05) is 29.6 Å². The van der Waals surface area contributed by atoms with Crippen LogP contribution >= 0.6 is 0 Å². The van der Waals surface area contributed by atoms with Crippen LogP contribution in [0.3, 0.4) is 0 Å². The molecule has 2 amide bonds. The summed E-state index contributed by atoms with van der Waals surface area (Å²) in [7, 11) is 3.97. The number of carbonyl (C=O) groups excluding carboxylic acids is 1. The molecule has 7 heteroatoms. The average molecular weight is 439 g/mol.